The molecule has 1 rings (SSSR count). The van der Waals surface area contributed by atoms with E-state index in [1.807, 2.05) is 5.92 Å². The van der Waals surface area contributed by atoms with Crippen LogP contribution in [0.25, 0.3) is 0 Å². The van der Waals surface area contributed by atoms with E-state index < -0.39 is 49.8 Å². The maximum absolute atomic E-state index is 13.4. The minimum atomic E-state index is -4.63. The van der Waals surface area contributed by atoms with Crippen molar-refractivity contribution in [3.8, 4) is 12.3 Å². The van der Waals surface area contributed by atoms with Crippen LogP contribution in [0.15, 0.2) is 23.1 Å². The third kappa shape index (κ3) is 3.74. The Bertz CT molecular complexity index is 725. The van der Waals surface area contributed by atoms with Gasteiger partial charge in [0.1, 0.15) is 6.04 Å². The molecule has 1 atom stereocenters. The molecular formula is C11H9FN2O6S. The molecule has 2 N–H and O–H groups in total. The molecule has 0 amide bonds. The average molecular weight is 316 g/mol. The van der Waals surface area contributed by atoms with Gasteiger partial charge in [-0.25, -0.2) is 8.42 Å². The summed E-state index contributed by atoms with van der Waals surface area (Å²) in [6, 6.07) is 0.780. The van der Waals surface area contributed by atoms with E-state index in [9.17, 15) is 27.7 Å². The van der Waals surface area contributed by atoms with Crippen molar-refractivity contribution in [3.05, 3.63) is 34.1 Å². The Balaban J connectivity index is 3.33. The number of carboxylic acid groups (broad SMARTS) is 1. The van der Waals surface area contributed by atoms with Gasteiger partial charge >= 0.3 is 11.7 Å². The van der Waals surface area contributed by atoms with Gasteiger partial charge < -0.3 is 5.11 Å². The van der Waals surface area contributed by atoms with Crippen LogP contribution in [0.4, 0.5) is 10.1 Å². The predicted molar refractivity (Wildman–Crippen MR) is 68.2 cm³/mol. The number of terminal acetylenes is 1. The maximum Gasteiger partial charge on any atom is 0.324 e. The summed E-state index contributed by atoms with van der Waals surface area (Å²) in [7, 11) is -4.63. The lowest BCUT2D eigenvalue weighted by atomic mass is 10.2. The van der Waals surface area contributed by atoms with Crippen molar-refractivity contribution in [1.29, 1.82) is 0 Å². The van der Waals surface area contributed by atoms with E-state index in [0.29, 0.717) is 6.07 Å². The number of nitrogens with zero attached hydrogens (tertiary/aromatic N) is 1. The first-order valence-electron chi connectivity index (χ1n) is 5.32. The van der Waals surface area contributed by atoms with Crippen LogP contribution in [0.5, 0.6) is 0 Å². The minimum Gasteiger partial charge on any atom is -0.480 e. The molecule has 0 aliphatic rings. The Hall–Kier alpha value is -2.51. The van der Waals surface area contributed by atoms with E-state index in [1.54, 1.807) is 4.72 Å². The largest absolute Gasteiger partial charge is 0.480 e. The zero-order valence-corrected chi connectivity index (χ0v) is 11.1. The highest BCUT2D eigenvalue weighted by Crippen LogP contribution is 2.26. The van der Waals surface area contributed by atoms with E-state index in [2.05, 4.69) is 0 Å². The van der Waals surface area contributed by atoms with Crippen molar-refractivity contribution in [2.24, 2.45) is 0 Å². The van der Waals surface area contributed by atoms with E-state index in [-0.39, 0.29) is 0 Å². The zero-order chi connectivity index (χ0) is 16.2. The standard InChI is InChI=1S/C11H9FN2O6S/c1-2-4-8(11(15)16)13-21(19,20)9-6-3-5-7(12)10(9)14(17)18/h1,3,5-6,8,13H,4H2,(H,15,16). The highest BCUT2D eigenvalue weighted by molar-refractivity contribution is 7.89. The number of hydrogen-bond acceptors (Lipinski definition) is 5. The summed E-state index contributed by atoms with van der Waals surface area (Å²) in [5, 5.41) is 19.6. The van der Waals surface area contributed by atoms with Gasteiger partial charge in [-0.15, -0.1) is 12.3 Å². The second-order valence-corrected chi connectivity index (χ2v) is 5.45. The summed E-state index contributed by atoms with van der Waals surface area (Å²) >= 11 is 0. The maximum atomic E-state index is 13.4. The summed E-state index contributed by atoms with van der Waals surface area (Å²) in [6.07, 6.45) is 4.44. The number of nitro benzene ring substituents is 1. The number of sulfonamides is 1. The molecule has 0 spiro atoms. The molecule has 0 saturated heterocycles. The van der Waals surface area contributed by atoms with Crippen LogP contribution in [0.2, 0.25) is 0 Å². The van der Waals surface area contributed by atoms with Gasteiger partial charge in [0.2, 0.25) is 15.8 Å². The smallest absolute Gasteiger partial charge is 0.324 e. The first-order valence-corrected chi connectivity index (χ1v) is 6.80. The normalized spacial score (nSPS) is 12.4. The molecule has 0 saturated carbocycles. The number of halogens is 1. The summed E-state index contributed by atoms with van der Waals surface area (Å²) in [6.45, 7) is 0. The van der Waals surface area contributed by atoms with Gasteiger partial charge in [0, 0.05) is 6.42 Å². The molecular weight excluding hydrogens is 307 g/mol. The van der Waals surface area contributed by atoms with Gasteiger partial charge in [-0.3, -0.25) is 14.9 Å². The summed E-state index contributed by atoms with van der Waals surface area (Å²) in [4.78, 5) is 19.4. The summed E-state index contributed by atoms with van der Waals surface area (Å²) in [5.41, 5.74) is -1.27. The number of carbonyl (C=O) groups is 1. The molecule has 0 heterocycles. The number of nitro groups is 1. The molecule has 1 unspecified atom stereocenters. The van der Waals surface area contributed by atoms with Crippen molar-refractivity contribution in [2.45, 2.75) is 17.4 Å². The van der Waals surface area contributed by atoms with Gasteiger partial charge in [-0.1, -0.05) is 6.07 Å². The van der Waals surface area contributed by atoms with E-state index in [4.69, 9.17) is 11.5 Å². The lowest BCUT2D eigenvalue weighted by molar-refractivity contribution is -0.390. The fourth-order valence-electron chi connectivity index (χ4n) is 1.44. The van der Waals surface area contributed by atoms with Gasteiger partial charge in [0.05, 0.1) is 4.92 Å². The molecule has 0 aromatic heterocycles. The van der Waals surface area contributed by atoms with Gasteiger partial charge in [-0.05, 0) is 12.1 Å². The van der Waals surface area contributed by atoms with Gasteiger partial charge in [0.15, 0.2) is 4.90 Å². The lowest BCUT2D eigenvalue weighted by Gasteiger charge is -2.12. The van der Waals surface area contributed by atoms with Crippen molar-refractivity contribution < 1.29 is 27.6 Å². The second-order valence-electron chi connectivity index (χ2n) is 3.76. The van der Waals surface area contributed by atoms with Crippen molar-refractivity contribution in [2.75, 3.05) is 0 Å². The average Bonchev–Trinajstić information content (AvgIpc) is 2.37. The molecule has 0 aliphatic heterocycles. The summed E-state index contributed by atoms with van der Waals surface area (Å²) < 4.78 is 39.1. The number of aliphatic carboxylic acids is 1. The van der Waals surface area contributed by atoms with E-state index in [1.165, 1.54) is 0 Å². The Morgan fingerprint density at radius 3 is 2.67 bits per heavy atom. The molecule has 0 bridgehead atoms. The fourth-order valence-corrected chi connectivity index (χ4v) is 2.81. The van der Waals surface area contributed by atoms with Gasteiger partial charge in [0.25, 0.3) is 0 Å². The van der Waals surface area contributed by atoms with Crippen molar-refractivity contribution in [1.82, 2.24) is 4.72 Å². The predicted octanol–water partition coefficient (Wildman–Crippen LogP) is 0.489. The lowest BCUT2D eigenvalue weighted by Crippen LogP contribution is -2.40. The minimum absolute atomic E-state index is 0.475. The number of nitrogens with one attached hydrogen (secondary N) is 1. The highest BCUT2D eigenvalue weighted by Gasteiger charge is 2.32. The Morgan fingerprint density at radius 1 is 1.57 bits per heavy atom. The molecule has 10 heteroatoms. The van der Waals surface area contributed by atoms with E-state index >= 15 is 0 Å². The van der Waals surface area contributed by atoms with Crippen LogP contribution in [-0.4, -0.2) is 30.5 Å². The molecule has 0 aliphatic carbocycles. The zero-order valence-electron chi connectivity index (χ0n) is 10.3. The third-order valence-corrected chi connectivity index (χ3v) is 3.84. The van der Waals surface area contributed by atoms with Gasteiger partial charge in [-0.2, -0.15) is 9.11 Å². The second kappa shape index (κ2) is 6.29. The fraction of sp³-hybridized carbons (Fsp3) is 0.182. The van der Waals surface area contributed by atoms with Crippen LogP contribution in [0, 0.1) is 28.3 Å². The highest BCUT2D eigenvalue weighted by atomic mass is 32.2. The Labute approximate surface area is 118 Å². The first kappa shape index (κ1) is 16.5. The van der Waals surface area contributed by atoms with Crippen molar-refractivity contribution >= 4 is 21.7 Å². The first-order chi connectivity index (χ1) is 9.70. The Morgan fingerprint density at radius 2 is 2.19 bits per heavy atom. The quantitative estimate of drug-likeness (QED) is 0.447. The van der Waals surface area contributed by atoms with Crippen LogP contribution >= 0.6 is 0 Å². The number of rotatable bonds is 6. The molecule has 1 aromatic carbocycles. The molecule has 0 fully saturated rings. The SMILES string of the molecule is C#CCC(NS(=O)(=O)c1cccc(F)c1[N+](=O)[O-])C(=O)O. The number of carboxylic acids is 1. The topological polar surface area (TPSA) is 127 Å². The summed E-state index contributed by atoms with van der Waals surface area (Å²) in [5.74, 6) is -0.958. The monoisotopic (exact) mass is 316 g/mol. The van der Waals surface area contributed by atoms with Crippen LogP contribution < -0.4 is 4.72 Å². The van der Waals surface area contributed by atoms with Crippen LogP contribution in [-0.2, 0) is 14.8 Å². The molecule has 8 nitrogen and oxygen atoms in total. The molecule has 112 valence electrons. The number of para-hydroxylation sites is 1. The van der Waals surface area contributed by atoms with Crippen LogP contribution in [0.3, 0.4) is 0 Å². The Kier molecular flexibility index (Phi) is 4.96. The van der Waals surface area contributed by atoms with Crippen molar-refractivity contribution in [3.63, 3.8) is 0 Å². The van der Waals surface area contributed by atoms with E-state index in [0.717, 1.165) is 12.1 Å². The molecule has 21 heavy (non-hydrogen) atoms. The van der Waals surface area contributed by atoms with Crippen LogP contribution in [0.1, 0.15) is 6.42 Å². The third-order valence-electron chi connectivity index (χ3n) is 2.34. The number of hydrogen-bond donors (Lipinski definition) is 2. The molecule has 1 aromatic rings. The molecule has 0 radical (unpaired) electrons. The number of benzene rings is 1.